The molecule has 2 aromatic rings. The van der Waals surface area contributed by atoms with Crippen molar-refractivity contribution in [2.75, 3.05) is 13.2 Å². The Morgan fingerprint density at radius 1 is 1.09 bits per heavy atom. The first-order valence-corrected chi connectivity index (χ1v) is 8.23. The summed E-state index contributed by atoms with van der Waals surface area (Å²) in [6.07, 6.45) is 5.92. The molecule has 0 bridgehead atoms. The van der Waals surface area contributed by atoms with Crippen LogP contribution in [0.5, 0.6) is 5.88 Å². The first-order valence-electron chi connectivity index (χ1n) is 8.23. The molecule has 3 atom stereocenters. The molecular weight excluding hydrogens is 290 g/mol. The van der Waals surface area contributed by atoms with E-state index in [1.54, 1.807) is 6.20 Å². The Bertz CT molecular complexity index is 623. The Balaban J connectivity index is 1.44. The van der Waals surface area contributed by atoms with Crippen molar-refractivity contribution < 1.29 is 9.47 Å². The fourth-order valence-corrected chi connectivity index (χ4v) is 3.59. The second-order valence-corrected chi connectivity index (χ2v) is 6.10. The molecule has 23 heavy (non-hydrogen) atoms. The molecule has 5 heteroatoms. The van der Waals surface area contributed by atoms with Crippen molar-refractivity contribution in [2.45, 2.75) is 37.6 Å². The molecule has 0 radical (unpaired) electrons. The van der Waals surface area contributed by atoms with Gasteiger partial charge in [0, 0.05) is 37.6 Å². The van der Waals surface area contributed by atoms with E-state index < -0.39 is 0 Å². The number of hydrogen-bond donors (Lipinski definition) is 0. The third-order valence-electron chi connectivity index (χ3n) is 4.65. The molecule has 0 aromatic carbocycles. The number of ether oxygens (including phenoxy) is 2. The molecule has 2 fully saturated rings. The highest BCUT2D eigenvalue weighted by atomic mass is 16.5. The van der Waals surface area contributed by atoms with Gasteiger partial charge in [-0.2, -0.15) is 0 Å². The summed E-state index contributed by atoms with van der Waals surface area (Å²) in [5.41, 5.74) is 1.11. The maximum atomic E-state index is 6.06. The van der Waals surface area contributed by atoms with Gasteiger partial charge in [0.25, 0.3) is 0 Å². The fourth-order valence-electron chi connectivity index (χ4n) is 3.59. The van der Waals surface area contributed by atoms with E-state index >= 15 is 0 Å². The minimum absolute atomic E-state index is 0.0847. The lowest BCUT2D eigenvalue weighted by Crippen LogP contribution is -2.51. The first kappa shape index (κ1) is 14.6. The minimum Gasteiger partial charge on any atom is -0.472 e. The molecule has 3 heterocycles. The van der Waals surface area contributed by atoms with Gasteiger partial charge in [-0.05, 0) is 31.0 Å². The summed E-state index contributed by atoms with van der Waals surface area (Å²) in [5, 5.41) is 0. The topological polar surface area (TPSA) is 47.5 Å². The van der Waals surface area contributed by atoms with Crippen molar-refractivity contribution in [1.82, 2.24) is 14.9 Å². The van der Waals surface area contributed by atoms with Gasteiger partial charge in [-0.25, -0.2) is 4.98 Å². The average Bonchev–Trinajstić information content (AvgIpc) is 3.01. The molecule has 1 saturated carbocycles. The number of fused-ring (bicyclic) bond motifs is 1. The van der Waals surface area contributed by atoms with Gasteiger partial charge in [0.15, 0.2) is 0 Å². The molecule has 0 spiro atoms. The number of aromatic nitrogens is 2. The second-order valence-electron chi connectivity index (χ2n) is 6.10. The van der Waals surface area contributed by atoms with E-state index in [0.29, 0.717) is 11.9 Å². The van der Waals surface area contributed by atoms with Gasteiger partial charge in [-0.15, -0.1) is 0 Å². The molecule has 120 valence electrons. The van der Waals surface area contributed by atoms with Crippen LogP contribution in [-0.2, 0) is 11.3 Å². The summed E-state index contributed by atoms with van der Waals surface area (Å²) in [6, 6.07) is 12.2. The Morgan fingerprint density at radius 3 is 2.74 bits per heavy atom. The van der Waals surface area contributed by atoms with Crippen LogP contribution in [0, 0.1) is 0 Å². The Morgan fingerprint density at radius 2 is 1.96 bits per heavy atom. The summed E-state index contributed by atoms with van der Waals surface area (Å²) in [4.78, 5) is 11.2. The van der Waals surface area contributed by atoms with Crippen LogP contribution < -0.4 is 4.74 Å². The quantitative estimate of drug-likeness (QED) is 0.867. The molecule has 1 aliphatic heterocycles. The highest BCUT2D eigenvalue weighted by Gasteiger charge is 2.44. The Kier molecular flexibility index (Phi) is 4.22. The van der Waals surface area contributed by atoms with Crippen LogP contribution in [0.2, 0.25) is 0 Å². The van der Waals surface area contributed by atoms with E-state index in [1.165, 1.54) is 0 Å². The third kappa shape index (κ3) is 3.21. The molecule has 4 rings (SSSR count). The number of rotatable bonds is 4. The smallest absolute Gasteiger partial charge is 0.213 e. The van der Waals surface area contributed by atoms with Gasteiger partial charge in [-0.3, -0.25) is 9.88 Å². The van der Waals surface area contributed by atoms with Crippen LogP contribution in [0.4, 0.5) is 0 Å². The van der Waals surface area contributed by atoms with Crippen LogP contribution in [0.15, 0.2) is 48.8 Å². The van der Waals surface area contributed by atoms with E-state index in [2.05, 4.69) is 20.9 Å². The summed E-state index contributed by atoms with van der Waals surface area (Å²) in [6.45, 7) is 2.58. The van der Waals surface area contributed by atoms with Crippen LogP contribution in [0.25, 0.3) is 0 Å². The predicted molar refractivity (Wildman–Crippen MR) is 86.1 cm³/mol. The standard InChI is InChI=1S/C18H21N3O2/c1-3-9-19-14(5-1)13-21-11-12-22-18-15(21)7-8-16(18)23-17-6-2-4-10-20-17/h1-6,9-10,15-16,18H,7-8,11-13H2/t15-,16-,18+/m0/s1. The lowest BCUT2D eigenvalue weighted by atomic mass is 10.1. The molecule has 0 amide bonds. The van der Waals surface area contributed by atoms with Crippen molar-refractivity contribution in [2.24, 2.45) is 0 Å². The fraction of sp³-hybridized carbons (Fsp3) is 0.444. The lowest BCUT2D eigenvalue weighted by molar-refractivity contribution is -0.0925. The highest BCUT2D eigenvalue weighted by molar-refractivity contribution is 5.11. The van der Waals surface area contributed by atoms with Crippen LogP contribution in [0.1, 0.15) is 18.5 Å². The maximum absolute atomic E-state index is 6.06. The van der Waals surface area contributed by atoms with E-state index in [-0.39, 0.29) is 12.2 Å². The number of pyridine rings is 2. The van der Waals surface area contributed by atoms with Crippen molar-refractivity contribution >= 4 is 0 Å². The molecule has 0 N–H and O–H groups in total. The third-order valence-corrected chi connectivity index (χ3v) is 4.65. The van der Waals surface area contributed by atoms with Gasteiger partial charge < -0.3 is 9.47 Å². The molecule has 2 aliphatic rings. The van der Waals surface area contributed by atoms with Gasteiger partial charge in [0.1, 0.15) is 12.2 Å². The van der Waals surface area contributed by atoms with E-state index in [0.717, 1.165) is 38.2 Å². The van der Waals surface area contributed by atoms with Crippen LogP contribution in [0.3, 0.4) is 0 Å². The summed E-state index contributed by atoms with van der Waals surface area (Å²) in [5.74, 6) is 0.684. The molecular formula is C18H21N3O2. The monoisotopic (exact) mass is 311 g/mol. The Labute approximate surface area is 136 Å². The minimum atomic E-state index is 0.0847. The highest BCUT2D eigenvalue weighted by Crippen LogP contribution is 2.33. The molecule has 1 saturated heterocycles. The van der Waals surface area contributed by atoms with Crippen LogP contribution >= 0.6 is 0 Å². The zero-order chi connectivity index (χ0) is 15.5. The molecule has 0 unspecified atom stereocenters. The largest absolute Gasteiger partial charge is 0.472 e. The number of hydrogen-bond acceptors (Lipinski definition) is 5. The number of nitrogens with zero attached hydrogens (tertiary/aromatic N) is 3. The SMILES string of the molecule is c1ccc(CN2CCO[C@H]3[C@@H](Oc4ccccn4)CC[C@@H]32)nc1. The maximum Gasteiger partial charge on any atom is 0.213 e. The summed E-state index contributed by atoms with van der Waals surface area (Å²) >= 11 is 0. The van der Waals surface area contributed by atoms with Gasteiger partial charge in [0.2, 0.25) is 5.88 Å². The predicted octanol–water partition coefficient (Wildman–Crippen LogP) is 2.29. The molecule has 1 aliphatic carbocycles. The zero-order valence-corrected chi connectivity index (χ0v) is 13.0. The zero-order valence-electron chi connectivity index (χ0n) is 13.0. The Hall–Kier alpha value is -1.98. The van der Waals surface area contributed by atoms with Crippen molar-refractivity contribution in [1.29, 1.82) is 0 Å². The second kappa shape index (κ2) is 6.64. The van der Waals surface area contributed by atoms with Crippen molar-refractivity contribution in [3.8, 4) is 5.88 Å². The first-order chi connectivity index (χ1) is 11.4. The van der Waals surface area contributed by atoms with E-state index in [4.69, 9.17) is 9.47 Å². The average molecular weight is 311 g/mol. The van der Waals surface area contributed by atoms with Crippen molar-refractivity contribution in [3.05, 3.63) is 54.5 Å². The van der Waals surface area contributed by atoms with E-state index in [9.17, 15) is 0 Å². The van der Waals surface area contributed by atoms with Gasteiger partial charge >= 0.3 is 0 Å². The van der Waals surface area contributed by atoms with Gasteiger partial charge in [-0.1, -0.05) is 12.1 Å². The van der Waals surface area contributed by atoms with Crippen molar-refractivity contribution in [3.63, 3.8) is 0 Å². The lowest BCUT2D eigenvalue weighted by Gasteiger charge is -2.38. The van der Waals surface area contributed by atoms with E-state index in [1.807, 2.05) is 36.5 Å². The van der Waals surface area contributed by atoms with Crippen LogP contribution in [-0.4, -0.2) is 46.3 Å². The summed E-state index contributed by atoms with van der Waals surface area (Å²) in [7, 11) is 0. The number of morpholine rings is 1. The van der Waals surface area contributed by atoms with Gasteiger partial charge in [0.05, 0.1) is 12.3 Å². The summed E-state index contributed by atoms with van der Waals surface area (Å²) < 4.78 is 12.1. The molecule has 2 aromatic heterocycles. The normalized spacial score (nSPS) is 27.6. The molecule has 5 nitrogen and oxygen atoms in total.